The van der Waals surface area contributed by atoms with E-state index in [2.05, 4.69) is 16.7 Å². The molecule has 0 radical (unpaired) electrons. The second-order valence-corrected chi connectivity index (χ2v) is 6.34. The van der Waals surface area contributed by atoms with Crippen LogP contribution < -0.4 is 4.74 Å². The van der Waals surface area contributed by atoms with E-state index in [-0.39, 0.29) is 0 Å². The summed E-state index contributed by atoms with van der Waals surface area (Å²) in [5, 5.41) is 15.5. The third kappa shape index (κ3) is 9.60. The number of aliphatic carboxylic acids is 2. The number of carboxylic acid groups (broad SMARTS) is 2. The molecule has 1 saturated heterocycles. The number of hydrogen-bond donors (Lipinski definition) is 2. The van der Waals surface area contributed by atoms with Crippen molar-refractivity contribution in [3.8, 4) is 5.75 Å². The number of carbonyl (C=O) groups is 2. The van der Waals surface area contributed by atoms with Gasteiger partial charge in [-0.2, -0.15) is 0 Å². The molecule has 0 bridgehead atoms. The third-order valence-electron chi connectivity index (χ3n) is 4.03. The largest absolute Gasteiger partial charge is 0.494 e. The van der Waals surface area contributed by atoms with E-state index in [0.717, 1.165) is 23.8 Å². The van der Waals surface area contributed by atoms with Crippen molar-refractivity contribution in [2.75, 3.05) is 45.9 Å². The Morgan fingerprint density at radius 3 is 2.23 bits per heavy atom. The molecular formula is C18H27ClN2O5. The second kappa shape index (κ2) is 12.5. The summed E-state index contributed by atoms with van der Waals surface area (Å²) in [5.41, 5.74) is 0. The zero-order valence-corrected chi connectivity index (χ0v) is 15.8. The molecule has 2 N–H and O–H groups in total. The summed E-state index contributed by atoms with van der Waals surface area (Å²) < 4.78 is 5.70. The Morgan fingerprint density at radius 1 is 1.08 bits per heavy atom. The topological polar surface area (TPSA) is 90.3 Å². The highest BCUT2D eigenvalue weighted by Crippen LogP contribution is 2.17. The van der Waals surface area contributed by atoms with Crippen LogP contribution in [0.3, 0.4) is 0 Å². The summed E-state index contributed by atoms with van der Waals surface area (Å²) in [5.74, 6) is -2.78. The van der Waals surface area contributed by atoms with Crippen molar-refractivity contribution >= 4 is 23.5 Å². The average Bonchev–Trinajstić information content (AvgIpc) is 2.62. The van der Waals surface area contributed by atoms with Gasteiger partial charge in [-0.1, -0.05) is 24.6 Å². The summed E-state index contributed by atoms with van der Waals surface area (Å²) in [6.07, 6.45) is 2.30. The van der Waals surface area contributed by atoms with Crippen LogP contribution in [0.2, 0.25) is 5.02 Å². The number of hydrogen-bond acceptors (Lipinski definition) is 5. The fourth-order valence-corrected chi connectivity index (χ4v) is 2.69. The van der Waals surface area contributed by atoms with Gasteiger partial charge in [0.2, 0.25) is 0 Å². The molecule has 0 spiro atoms. The first-order valence-corrected chi connectivity index (χ1v) is 9.09. The van der Waals surface area contributed by atoms with E-state index in [1.165, 1.54) is 45.7 Å². The summed E-state index contributed by atoms with van der Waals surface area (Å²) in [4.78, 5) is 23.3. The van der Waals surface area contributed by atoms with Crippen molar-refractivity contribution in [2.24, 2.45) is 0 Å². The molecule has 0 amide bonds. The molecule has 146 valence electrons. The number of piperazine rings is 1. The minimum atomic E-state index is -1.82. The first kappa shape index (κ1) is 22.2. The molecule has 8 heteroatoms. The highest BCUT2D eigenvalue weighted by molar-refractivity contribution is 6.30. The van der Waals surface area contributed by atoms with Crippen LogP contribution in [-0.2, 0) is 9.59 Å². The first-order chi connectivity index (χ1) is 12.4. The van der Waals surface area contributed by atoms with Crippen LogP contribution in [0.1, 0.15) is 19.8 Å². The fraction of sp³-hybridized carbons (Fsp3) is 0.556. The van der Waals surface area contributed by atoms with Gasteiger partial charge in [-0.3, -0.25) is 0 Å². The third-order valence-corrected chi connectivity index (χ3v) is 4.26. The number of likely N-dealkylation sites (N-methyl/N-ethyl adjacent to an activating group) is 1. The Kier molecular flexibility index (Phi) is 10.7. The van der Waals surface area contributed by atoms with E-state index >= 15 is 0 Å². The highest BCUT2D eigenvalue weighted by Gasteiger charge is 2.14. The Morgan fingerprint density at radius 2 is 1.69 bits per heavy atom. The SMILES string of the molecule is CCN1CCN(CCCCOc2cccc(Cl)c2)CC1.O=C(O)C(=O)O. The predicted octanol–water partition coefficient (Wildman–Crippen LogP) is 2.29. The first-order valence-electron chi connectivity index (χ1n) is 8.71. The van der Waals surface area contributed by atoms with Gasteiger partial charge in [-0.25, -0.2) is 9.59 Å². The molecule has 7 nitrogen and oxygen atoms in total. The van der Waals surface area contributed by atoms with E-state index in [9.17, 15) is 0 Å². The maximum absolute atomic E-state index is 9.10. The van der Waals surface area contributed by atoms with Gasteiger partial charge in [0, 0.05) is 31.2 Å². The standard InChI is InChI=1S/C16H25ClN2O.C2H2O4/c1-2-18-9-11-19(12-10-18)8-3-4-13-20-16-7-5-6-15(17)14-16;3-1(4)2(5)6/h5-7,14H,2-4,8-13H2,1H3;(H,3,4)(H,5,6). The molecule has 2 rings (SSSR count). The van der Waals surface area contributed by atoms with Crippen LogP contribution in [0, 0.1) is 0 Å². The molecule has 0 saturated carbocycles. The zero-order valence-electron chi connectivity index (χ0n) is 15.1. The molecule has 0 unspecified atom stereocenters. The highest BCUT2D eigenvalue weighted by atomic mass is 35.5. The number of halogens is 1. The molecular weight excluding hydrogens is 360 g/mol. The van der Waals surface area contributed by atoms with E-state index < -0.39 is 11.9 Å². The molecule has 0 aliphatic carbocycles. The molecule has 0 aromatic heterocycles. The summed E-state index contributed by atoms with van der Waals surface area (Å²) in [7, 11) is 0. The molecule has 1 aliphatic heterocycles. The van der Waals surface area contributed by atoms with Gasteiger partial charge in [0.05, 0.1) is 6.61 Å². The van der Waals surface area contributed by atoms with Gasteiger partial charge in [0.25, 0.3) is 0 Å². The normalized spacial score (nSPS) is 15.0. The van der Waals surface area contributed by atoms with Gasteiger partial charge in [-0.05, 0) is 44.1 Å². The molecule has 1 aliphatic rings. The van der Waals surface area contributed by atoms with Crippen molar-refractivity contribution < 1.29 is 24.5 Å². The Balaban J connectivity index is 0.000000487. The number of ether oxygens (including phenoxy) is 1. The van der Waals surface area contributed by atoms with Gasteiger partial charge in [0.15, 0.2) is 0 Å². The van der Waals surface area contributed by atoms with E-state index in [4.69, 9.17) is 36.1 Å². The molecule has 1 heterocycles. The monoisotopic (exact) mass is 386 g/mol. The van der Waals surface area contributed by atoms with Crippen molar-refractivity contribution in [1.82, 2.24) is 9.80 Å². The average molecular weight is 387 g/mol. The van der Waals surface area contributed by atoms with Crippen LogP contribution >= 0.6 is 11.6 Å². The van der Waals surface area contributed by atoms with Crippen LogP contribution in [0.4, 0.5) is 0 Å². The quantitative estimate of drug-likeness (QED) is 0.548. The Bertz CT molecular complexity index is 550. The fourth-order valence-electron chi connectivity index (χ4n) is 2.51. The van der Waals surface area contributed by atoms with Crippen LogP contribution in [0.25, 0.3) is 0 Å². The smallest absolute Gasteiger partial charge is 0.414 e. The van der Waals surface area contributed by atoms with Gasteiger partial charge >= 0.3 is 11.9 Å². The van der Waals surface area contributed by atoms with Crippen molar-refractivity contribution in [3.05, 3.63) is 29.3 Å². The van der Waals surface area contributed by atoms with Gasteiger partial charge in [0.1, 0.15) is 5.75 Å². The number of benzene rings is 1. The molecule has 1 aromatic carbocycles. The summed E-state index contributed by atoms with van der Waals surface area (Å²) in [6, 6.07) is 7.61. The molecule has 1 aromatic rings. The lowest BCUT2D eigenvalue weighted by molar-refractivity contribution is -0.159. The van der Waals surface area contributed by atoms with Crippen molar-refractivity contribution in [1.29, 1.82) is 0 Å². The Labute approximate surface area is 159 Å². The zero-order chi connectivity index (χ0) is 19.4. The number of nitrogens with zero attached hydrogens (tertiary/aromatic N) is 2. The van der Waals surface area contributed by atoms with Crippen molar-refractivity contribution in [3.63, 3.8) is 0 Å². The van der Waals surface area contributed by atoms with Crippen LogP contribution in [0.5, 0.6) is 5.75 Å². The summed E-state index contributed by atoms with van der Waals surface area (Å²) in [6.45, 7) is 10.2. The minimum Gasteiger partial charge on any atom is -0.494 e. The molecule has 0 atom stereocenters. The van der Waals surface area contributed by atoms with Crippen molar-refractivity contribution in [2.45, 2.75) is 19.8 Å². The Hall–Kier alpha value is -1.83. The lowest BCUT2D eigenvalue weighted by Crippen LogP contribution is -2.46. The lowest BCUT2D eigenvalue weighted by Gasteiger charge is -2.33. The minimum absolute atomic E-state index is 0.733. The van der Waals surface area contributed by atoms with Gasteiger partial charge < -0.3 is 24.7 Å². The maximum Gasteiger partial charge on any atom is 0.414 e. The van der Waals surface area contributed by atoms with Crippen LogP contribution in [-0.4, -0.2) is 77.8 Å². The summed E-state index contributed by atoms with van der Waals surface area (Å²) >= 11 is 5.92. The second-order valence-electron chi connectivity index (χ2n) is 5.90. The van der Waals surface area contributed by atoms with Crippen LogP contribution in [0.15, 0.2) is 24.3 Å². The number of rotatable bonds is 7. The van der Waals surface area contributed by atoms with E-state index in [0.29, 0.717) is 0 Å². The number of carboxylic acids is 2. The van der Waals surface area contributed by atoms with Gasteiger partial charge in [-0.15, -0.1) is 0 Å². The molecule has 26 heavy (non-hydrogen) atoms. The lowest BCUT2D eigenvalue weighted by atomic mass is 10.2. The number of unbranched alkanes of at least 4 members (excludes halogenated alkanes) is 1. The predicted molar refractivity (Wildman–Crippen MR) is 100 cm³/mol. The molecule has 1 fully saturated rings. The maximum atomic E-state index is 9.10. The van der Waals surface area contributed by atoms with E-state index in [1.807, 2.05) is 24.3 Å². The van der Waals surface area contributed by atoms with E-state index in [1.54, 1.807) is 0 Å².